The summed E-state index contributed by atoms with van der Waals surface area (Å²) in [6.45, 7) is 1.43. The first-order valence-corrected chi connectivity index (χ1v) is 7.27. The zero-order valence-electron chi connectivity index (χ0n) is 11.3. The molecule has 2 aliphatic heterocycles. The molecule has 2 atom stereocenters. The largest absolute Gasteiger partial charge is 0.356 e. The summed E-state index contributed by atoms with van der Waals surface area (Å²) >= 11 is 5.87. The van der Waals surface area contributed by atoms with Crippen LogP contribution in [-0.2, 0) is 4.79 Å². The number of anilines is 1. The molecule has 0 aliphatic carbocycles. The van der Waals surface area contributed by atoms with Gasteiger partial charge in [-0.25, -0.2) is 4.98 Å². The first kappa shape index (κ1) is 14.1. The van der Waals surface area contributed by atoms with Crippen LogP contribution >= 0.6 is 11.6 Å². The van der Waals surface area contributed by atoms with Crippen LogP contribution in [0.25, 0.3) is 0 Å². The maximum absolute atomic E-state index is 11.4. The van der Waals surface area contributed by atoms with Gasteiger partial charge in [0.1, 0.15) is 11.0 Å². The van der Waals surface area contributed by atoms with Crippen molar-refractivity contribution >= 4 is 29.0 Å². The topological polar surface area (TPSA) is 88.4 Å². The second-order valence-electron chi connectivity index (χ2n) is 5.47. The summed E-state index contributed by atoms with van der Waals surface area (Å²) in [4.78, 5) is 28.0. The number of rotatable bonds is 2. The molecule has 0 bridgehead atoms. The smallest absolute Gasteiger partial charge is 0.276 e. The average molecular weight is 311 g/mol. The predicted octanol–water partition coefficient (Wildman–Crippen LogP) is 1.75. The normalized spacial score (nSPS) is 25.2. The zero-order chi connectivity index (χ0) is 15.0. The fraction of sp³-hybridized carbons (Fsp3) is 0.538. The van der Waals surface area contributed by atoms with Crippen molar-refractivity contribution in [2.75, 3.05) is 18.0 Å². The molecule has 3 heterocycles. The highest BCUT2D eigenvalue weighted by Crippen LogP contribution is 2.30. The van der Waals surface area contributed by atoms with E-state index in [0.717, 1.165) is 19.4 Å². The second kappa shape index (κ2) is 5.48. The second-order valence-corrected chi connectivity index (χ2v) is 5.86. The molecule has 2 aliphatic rings. The summed E-state index contributed by atoms with van der Waals surface area (Å²) in [7, 11) is 0. The van der Waals surface area contributed by atoms with E-state index in [0.29, 0.717) is 24.7 Å². The number of nitrogens with zero attached hydrogens (tertiary/aromatic N) is 3. The zero-order valence-corrected chi connectivity index (χ0v) is 12.0. The van der Waals surface area contributed by atoms with Crippen LogP contribution < -0.4 is 10.2 Å². The Morgan fingerprint density at radius 2 is 2.24 bits per heavy atom. The summed E-state index contributed by atoms with van der Waals surface area (Å²) in [6.07, 6.45) is 2.20. The molecule has 2 unspecified atom stereocenters. The Hall–Kier alpha value is -1.89. The third-order valence-electron chi connectivity index (χ3n) is 4.12. The van der Waals surface area contributed by atoms with Crippen LogP contribution in [0.4, 0.5) is 11.5 Å². The highest BCUT2D eigenvalue weighted by Gasteiger charge is 2.34. The number of carbonyl (C=O) groups is 1. The number of hydrogen-bond acceptors (Lipinski definition) is 5. The third-order valence-corrected chi connectivity index (χ3v) is 4.32. The van der Waals surface area contributed by atoms with Gasteiger partial charge in [0, 0.05) is 25.6 Å². The fourth-order valence-electron chi connectivity index (χ4n) is 3.06. The van der Waals surface area contributed by atoms with Crippen molar-refractivity contribution in [1.29, 1.82) is 0 Å². The van der Waals surface area contributed by atoms with Gasteiger partial charge in [0.2, 0.25) is 5.91 Å². The van der Waals surface area contributed by atoms with E-state index >= 15 is 0 Å². The van der Waals surface area contributed by atoms with Gasteiger partial charge in [-0.1, -0.05) is 11.6 Å². The monoisotopic (exact) mass is 310 g/mol. The van der Waals surface area contributed by atoms with E-state index in [1.165, 1.54) is 12.1 Å². The number of amides is 1. The standard InChI is InChI=1S/C13H15ClN4O3/c14-11-5-9(18(20)21)6-12(16-11)17-4-3-10-8(7-17)1-2-13(19)15-10/h5-6,8,10H,1-4,7H2,(H,15,19). The Bertz CT molecular complexity index is 595. The number of nitro groups is 1. The minimum absolute atomic E-state index is 0.0518. The Kier molecular flexibility index (Phi) is 3.67. The first-order chi connectivity index (χ1) is 10.0. The molecule has 1 aromatic heterocycles. The average Bonchev–Trinajstić information content (AvgIpc) is 2.46. The van der Waals surface area contributed by atoms with Crippen molar-refractivity contribution in [3.63, 3.8) is 0 Å². The molecule has 0 aromatic carbocycles. The molecule has 2 fully saturated rings. The van der Waals surface area contributed by atoms with E-state index in [1.807, 2.05) is 4.90 Å². The van der Waals surface area contributed by atoms with E-state index in [9.17, 15) is 14.9 Å². The Morgan fingerprint density at radius 1 is 1.43 bits per heavy atom. The molecule has 0 spiro atoms. The maximum Gasteiger partial charge on any atom is 0.276 e. The van der Waals surface area contributed by atoms with E-state index in [2.05, 4.69) is 10.3 Å². The van der Waals surface area contributed by atoms with E-state index in [-0.39, 0.29) is 22.8 Å². The lowest BCUT2D eigenvalue weighted by Gasteiger charge is -2.41. The molecule has 1 aromatic rings. The molecule has 1 amide bonds. The third kappa shape index (κ3) is 2.92. The summed E-state index contributed by atoms with van der Waals surface area (Å²) < 4.78 is 0. The number of carbonyl (C=O) groups excluding carboxylic acids is 1. The minimum atomic E-state index is -0.468. The number of aromatic nitrogens is 1. The lowest BCUT2D eigenvalue weighted by atomic mass is 9.85. The lowest BCUT2D eigenvalue weighted by molar-refractivity contribution is -0.384. The number of nitrogens with one attached hydrogen (secondary N) is 1. The summed E-state index contributed by atoms with van der Waals surface area (Å²) in [5.41, 5.74) is -0.0518. The molecule has 8 heteroatoms. The minimum Gasteiger partial charge on any atom is -0.356 e. The van der Waals surface area contributed by atoms with Crippen molar-refractivity contribution < 1.29 is 9.72 Å². The van der Waals surface area contributed by atoms with Gasteiger partial charge in [-0.2, -0.15) is 0 Å². The molecular formula is C13H15ClN4O3. The van der Waals surface area contributed by atoms with E-state index in [1.54, 1.807) is 0 Å². The molecule has 0 saturated carbocycles. The number of halogens is 1. The van der Waals surface area contributed by atoms with E-state index in [4.69, 9.17) is 11.6 Å². The molecule has 7 nitrogen and oxygen atoms in total. The van der Waals surface area contributed by atoms with Crippen LogP contribution in [0, 0.1) is 16.0 Å². The molecule has 3 rings (SSSR count). The quantitative estimate of drug-likeness (QED) is 0.511. The van der Waals surface area contributed by atoms with Crippen molar-refractivity contribution in [2.45, 2.75) is 25.3 Å². The number of hydrogen-bond donors (Lipinski definition) is 1. The Balaban J connectivity index is 1.79. The molecule has 2 saturated heterocycles. The Morgan fingerprint density at radius 3 is 3.00 bits per heavy atom. The Labute approximate surface area is 126 Å². The van der Waals surface area contributed by atoms with Gasteiger partial charge < -0.3 is 10.2 Å². The molecule has 1 N–H and O–H groups in total. The van der Waals surface area contributed by atoms with Crippen LogP contribution in [-0.4, -0.2) is 34.9 Å². The van der Waals surface area contributed by atoms with Crippen LogP contribution in [0.15, 0.2) is 12.1 Å². The number of piperidine rings is 2. The maximum atomic E-state index is 11.4. The van der Waals surface area contributed by atoms with Gasteiger partial charge in [-0.15, -0.1) is 0 Å². The highest BCUT2D eigenvalue weighted by atomic mass is 35.5. The van der Waals surface area contributed by atoms with Gasteiger partial charge in [0.25, 0.3) is 5.69 Å². The van der Waals surface area contributed by atoms with Crippen LogP contribution in [0.5, 0.6) is 0 Å². The van der Waals surface area contributed by atoms with Crippen LogP contribution in [0.3, 0.4) is 0 Å². The van der Waals surface area contributed by atoms with Gasteiger partial charge >= 0.3 is 0 Å². The van der Waals surface area contributed by atoms with Crippen molar-refractivity contribution in [2.24, 2.45) is 5.92 Å². The lowest BCUT2D eigenvalue weighted by Crippen LogP contribution is -2.54. The van der Waals surface area contributed by atoms with Crippen molar-refractivity contribution in [3.05, 3.63) is 27.4 Å². The predicted molar refractivity (Wildman–Crippen MR) is 77.4 cm³/mol. The molecule has 0 radical (unpaired) electrons. The first-order valence-electron chi connectivity index (χ1n) is 6.89. The van der Waals surface area contributed by atoms with Crippen molar-refractivity contribution in [3.8, 4) is 0 Å². The van der Waals surface area contributed by atoms with Crippen LogP contribution in [0.1, 0.15) is 19.3 Å². The van der Waals surface area contributed by atoms with E-state index < -0.39 is 4.92 Å². The fourth-order valence-corrected chi connectivity index (χ4v) is 3.25. The molecular weight excluding hydrogens is 296 g/mol. The van der Waals surface area contributed by atoms with Crippen LogP contribution in [0.2, 0.25) is 5.15 Å². The van der Waals surface area contributed by atoms with Gasteiger partial charge in [-0.05, 0) is 18.8 Å². The summed E-state index contributed by atoms with van der Waals surface area (Å²) in [5.74, 6) is 1.00. The summed E-state index contributed by atoms with van der Waals surface area (Å²) in [6, 6.07) is 2.91. The number of fused-ring (bicyclic) bond motifs is 1. The van der Waals surface area contributed by atoms with Crippen molar-refractivity contribution in [1.82, 2.24) is 10.3 Å². The SMILES string of the molecule is O=C1CCC2CN(c3cc([N+](=O)[O-])cc(Cl)n3)CCC2N1. The molecule has 21 heavy (non-hydrogen) atoms. The molecule has 112 valence electrons. The van der Waals surface area contributed by atoms with Gasteiger partial charge in [0.15, 0.2) is 0 Å². The number of pyridine rings is 1. The highest BCUT2D eigenvalue weighted by molar-refractivity contribution is 6.29. The van der Waals surface area contributed by atoms with Gasteiger partial charge in [0.05, 0.1) is 17.1 Å². The summed E-state index contributed by atoms with van der Waals surface area (Å²) in [5, 5.41) is 14.0. The van der Waals surface area contributed by atoms with Gasteiger partial charge in [-0.3, -0.25) is 14.9 Å².